The summed E-state index contributed by atoms with van der Waals surface area (Å²) in [6.07, 6.45) is 0.434. The van der Waals surface area contributed by atoms with Crippen LogP contribution in [0.2, 0.25) is 0 Å². The normalized spacial score (nSPS) is 13.9. The Balaban J connectivity index is 2.41. The topological polar surface area (TPSA) is 23.5 Å². The predicted octanol–water partition coefficient (Wildman–Crippen LogP) is 3.40. The lowest BCUT2D eigenvalue weighted by molar-refractivity contribution is 0.137. The van der Waals surface area contributed by atoms with Crippen molar-refractivity contribution in [3.63, 3.8) is 0 Å². The van der Waals surface area contributed by atoms with E-state index in [4.69, 9.17) is 0 Å². The molecule has 2 heteroatoms. The molecule has 1 rings (SSSR count). The quantitative estimate of drug-likeness (QED) is 0.864. The Kier molecular flexibility index (Phi) is 5.36. The van der Waals surface area contributed by atoms with Gasteiger partial charge in [-0.05, 0) is 31.4 Å². The van der Waals surface area contributed by atoms with Crippen LogP contribution in [0.15, 0.2) is 24.3 Å². The minimum Gasteiger partial charge on any atom is -0.388 e. The maximum Gasteiger partial charge on any atom is 0.0802 e. The Labute approximate surface area is 112 Å². The highest BCUT2D eigenvalue weighted by molar-refractivity contribution is 5.22. The Morgan fingerprint density at radius 1 is 1.17 bits per heavy atom. The maximum absolute atomic E-state index is 10.1. The zero-order valence-corrected chi connectivity index (χ0v) is 12.4. The molecule has 0 saturated heterocycles. The highest BCUT2D eigenvalue weighted by atomic mass is 16.3. The van der Waals surface area contributed by atoms with Crippen LogP contribution < -0.4 is 0 Å². The summed E-state index contributed by atoms with van der Waals surface area (Å²) in [4.78, 5) is 2.29. The van der Waals surface area contributed by atoms with E-state index in [1.807, 2.05) is 12.1 Å². The fraction of sp³-hybridized carbons (Fsp3) is 0.625. The molecule has 0 amide bonds. The van der Waals surface area contributed by atoms with Crippen LogP contribution in [0, 0.1) is 12.3 Å². The van der Waals surface area contributed by atoms with Gasteiger partial charge in [0, 0.05) is 13.1 Å². The van der Waals surface area contributed by atoms with Crippen molar-refractivity contribution in [2.24, 2.45) is 5.41 Å². The first-order valence-electron chi connectivity index (χ1n) is 6.71. The third-order valence-electron chi connectivity index (χ3n) is 2.99. The lowest BCUT2D eigenvalue weighted by Gasteiger charge is -2.27. The molecule has 0 aliphatic carbocycles. The molecule has 1 atom stereocenters. The van der Waals surface area contributed by atoms with Gasteiger partial charge < -0.3 is 10.0 Å². The summed E-state index contributed by atoms with van der Waals surface area (Å²) in [5.74, 6) is 0. The molecule has 1 aromatic carbocycles. The predicted molar refractivity (Wildman–Crippen MR) is 77.7 cm³/mol. The van der Waals surface area contributed by atoms with Gasteiger partial charge in [-0.15, -0.1) is 0 Å². The standard InChI is InChI=1S/C16H27NO/c1-13-6-8-14(9-7-13)15(18)10-11-17(5)12-16(2,3)4/h6-9,15,18H,10-12H2,1-5H3. The Morgan fingerprint density at radius 2 is 1.72 bits per heavy atom. The third kappa shape index (κ3) is 5.65. The van der Waals surface area contributed by atoms with E-state index in [0.717, 1.165) is 25.1 Å². The van der Waals surface area contributed by atoms with Gasteiger partial charge in [-0.25, -0.2) is 0 Å². The number of aryl methyl sites for hydroxylation is 1. The summed E-state index contributed by atoms with van der Waals surface area (Å²) < 4.78 is 0. The van der Waals surface area contributed by atoms with E-state index < -0.39 is 0 Å². The summed E-state index contributed by atoms with van der Waals surface area (Å²) in [7, 11) is 2.12. The molecule has 0 aliphatic heterocycles. The first kappa shape index (κ1) is 15.2. The smallest absolute Gasteiger partial charge is 0.0802 e. The summed E-state index contributed by atoms with van der Waals surface area (Å²) >= 11 is 0. The molecule has 0 aromatic heterocycles. The molecule has 102 valence electrons. The number of aliphatic hydroxyl groups is 1. The molecular weight excluding hydrogens is 222 g/mol. The van der Waals surface area contributed by atoms with Crippen LogP contribution in [0.25, 0.3) is 0 Å². The van der Waals surface area contributed by atoms with Gasteiger partial charge in [0.15, 0.2) is 0 Å². The molecule has 2 nitrogen and oxygen atoms in total. The number of benzene rings is 1. The first-order valence-corrected chi connectivity index (χ1v) is 6.71. The minimum atomic E-state index is -0.354. The van der Waals surface area contributed by atoms with Gasteiger partial charge in [-0.2, -0.15) is 0 Å². The Bertz CT molecular complexity index is 350. The Morgan fingerprint density at radius 3 is 2.22 bits per heavy atom. The van der Waals surface area contributed by atoms with E-state index in [9.17, 15) is 5.11 Å². The van der Waals surface area contributed by atoms with Crippen LogP contribution in [0.4, 0.5) is 0 Å². The van der Waals surface area contributed by atoms with Crippen LogP contribution in [0.5, 0.6) is 0 Å². The number of hydrogen-bond donors (Lipinski definition) is 1. The van der Waals surface area contributed by atoms with Crippen molar-refractivity contribution in [1.82, 2.24) is 4.90 Å². The van der Waals surface area contributed by atoms with Gasteiger partial charge in [-0.1, -0.05) is 50.6 Å². The third-order valence-corrected chi connectivity index (χ3v) is 2.99. The fourth-order valence-electron chi connectivity index (χ4n) is 2.19. The van der Waals surface area contributed by atoms with Crippen molar-refractivity contribution >= 4 is 0 Å². The van der Waals surface area contributed by atoms with Crippen molar-refractivity contribution < 1.29 is 5.11 Å². The van der Waals surface area contributed by atoms with Crippen molar-refractivity contribution in [3.05, 3.63) is 35.4 Å². The molecule has 0 spiro atoms. The number of aliphatic hydroxyl groups excluding tert-OH is 1. The van der Waals surface area contributed by atoms with Crippen molar-refractivity contribution in [1.29, 1.82) is 0 Å². The second kappa shape index (κ2) is 6.35. The van der Waals surface area contributed by atoms with E-state index >= 15 is 0 Å². The summed E-state index contributed by atoms with van der Waals surface area (Å²) in [6.45, 7) is 10.7. The molecular formula is C16H27NO. The molecule has 0 aliphatic rings. The molecule has 0 bridgehead atoms. The molecule has 0 heterocycles. The zero-order valence-electron chi connectivity index (χ0n) is 12.4. The van der Waals surface area contributed by atoms with Crippen LogP contribution in [-0.4, -0.2) is 30.1 Å². The molecule has 0 radical (unpaired) electrons. The van der Waals surface area contributed by atoms with Crippen LogP contribution in [0.1, 0.15) is 44.4 Å². The average molecular weight is 249 g/mol. The second-order valence-electron chi connectivity index (χ2n) is 6.51. The van der Waals surface area contributed by atoms with Gasteiger partial charge >= 0.3 is 0 Å². The highest BCUT2D eigenvalue weighted by Crippen LogP contribution is 2.19. The van der Waals surface area contributed by atoms with Crippen LogP contribution in [-0.2, 0) is 0 Å². The van der Waals surface area contributed by atoms with Crippen molar-refractivity contribution in [3.8, 4) is 0 Å². The lowest BCUT2D eigenvalue weighted by Crippen LogP contribution is -2.30. The van der Waals surface area contributed by atoms with E-state index in [2.05, 4.69) is 51.8 Å². The molecule has 1 N–H and O–H groups in total. The molecule has 1 aromatic rings. The van der Waals surface area contributed by atoms with Gasteiger partial charge in [0.2, 0.25) is 0 Å². The summed E-state index contributed by atoms with van der Waals surface area (Å²) in [5.41, 5.74) is 2.56. The molecule has 1 unspecified atom stereocenters. The summed E-state index contributed by atoms with van der Waals surface area (Å²) in [5, 5.41) is 10.1. The van der Waals surface area contributed by atoms with E-state index in [1.54, 1.807) is 0 Å². The van der Waals surface area contributed by atoms with Gasteiger partial charge in [-0.3, -0.25) is 0 Å². The largest absolute Gasteiger partial charge is 0.388 e. The molecule has 0 saturated carbocycles. The van der Waals surface area contributed by atoms with Crippen LogP contribution >= 0.6 is 0 Å². The number of hydrogen-bond acceptors (Lipinski definition) is 2. The first-order chi connectivity index (χ1) is 8.28. The number of nitrogens with zero attached hydrogens (tertiary/aromatic N) is 1. The second-order valence-corrected chi connectivity index (χ2v) is 6.51. The molecule has 0 fully saturated rings. The lowest BCUT2D eigenvalue weighted by atomic mass is 9.96. The van der Waals surface area contributed by atoms with Crippen LogP contribution in [0.3, 0.4) is 0 Å². The van der Waals surface area contributed by atoms with Gasteiger partial charge in [0.1, 0.15) is 0 Å². The van der Waals surface area contributed by atoms with Crippen molar-refractivity contribution in [2.75, 3.05) is 20.1 Å². The van der Waals surface area contributed by atoms with E-state index in [0.29, 0.717) is 5.41 Å². The average Bonchev–Trinajstić information content (AvgIpc) is 2.24. The summed E-state index contributed by atoms with van der Waals surface area (Å²) in [6, 6.07) is 8.14. The van der Waals surface area contributed by atoms with E-state index in [-0.39, 0.29) is 6.10 Å². The monoisotopic (exact) mass is 249 g/mol. The van der Waals surface area contributed by atoms with Gasteiger partial charge in [0.25, 0.3) is 0 Å². The minimum absolute atomic E-state index is 0.309. The SMILES string of the molecule is Cc1ccc(C(O)CCN(C)CC(C)(C)C)cc1. The number of rotatable bonds is 5. The molecule has 18 heavy (non-hydrogen) atoms. The maximum atomic E-state index is 10.1. The zero-order chi connectivity index (χ0) is 13.8. The van der Waals surface area contributed by atoms with E-state index in [1.165, 1.54) is 5.56 Å². The van der Waals surface area contributed by atoms with Crippen molar-refractivity contribution in [2.45, 2.75) is 40.2 Å². The van der Waals surface area contributed by atoms with Gasteiger partial charge in [0.05, 0.1) is 6.10 Å². The highest BCUT2D eigenvalue weighted by Gasteiger charge is 2.15. The fourth-order valence-corrected chi connectivity index (χ4v) is 2.19. The Hall–Kier alpha value is -0.860.